The maximum absolute atomic E-state index is 14.2. The lowest BCUT2D eigenvalue weighted by molar-refractivity contribution is 0.132. The number of carbonyl (C=O) groups excluding carboxylic acids is 1. The van der Waals surface area contributed by atoms with Gasteiger partial charge in [-0.05, 0) is 19.4 Å². The Kier molecular flexibility index (Phi) is 4.08. The van der Waals surface area contributed by atoms with Crippen molar-refractivity contribution in [3.63, 3.8) is 0 Å². The molecule has 1 aliphatic heterocycles. The number of anilines is 1. The highest BCUT2D eigenvalue weighted by Gasteiger charge is 2.32. The summed E-state index contributed by atoms with van der Waals surface area (Å²) in [4.78, 5) is 17.1. The summed E-state index contributed by atoms with van der Waals surface area (Å²) in [7, 11) is 1.31. The van der Waals surface area contributed by atoms with E-state index in [1.807, 2.05) is 0 Å². The van der Waals surface area contributed by atoms with Crippen LogP contribution in [0, 0.1) is 18.6 Å². The third-order valence-corrected chi connectivity index (χ3v) is 4.16. The number of rotatable bonds is 2. The number of halogens is 2. The molecule has 1 amide bonds. The van der Waals surface area contributed by atoms with E-state index in [2.05, 4.69) is 14.9 Å². The number of hydrogen-bond donors (Lipinski definition) is 1. The fourth-order valence-corrected chi connectivity index (χ4v) is 2.67. The number of amides is 1. The lowest BCUT2D eigenvalue weighted by Gasteiger charge is -2.13. The van der Waals surface area contributed by atoms with Gasteiger partial charge in [0, 0.05) is 18.7 Å². The smallest absolute Gasteiger partial charge is 0.409 e. The summed E-state index contributed by atoms with van der Waals surface area (Å²) in [6.07, 6.45) is 0.181. The third kappa shape index (κ3) is 2.66. The number of nitrogen functional groups attached to an aromatic ring is 1. The minimum atomic E-state index is -0.788. The molecule has 2 heterocycles. The van der Waals surface area contributed by atoms with Crippen molar-refractivity contribution in [1.82, 2.24) is 15.0 Å². The van der Waals surface area contributed by atoms with Crippen LogP contribution in [0.2, 0.25) is 0 Å². The second kappa shape index (κ2) is 6.06. The van der Waals surface area contributed by atoms with Crippen molar-refractivity contribution in [3.05, 3.63) is 29.2 Å². The first-order chi connectivity index (χ1) is 11.4. The van der Waals surface area contributed by atoms with Crippen molar-refractivity contribution in [2.24, 2.45) is 0 Å². The van der Waals surface area contributed by atoms with Gasteiger partial charge in [-0.1, -0.05) is 5.16 Å². The zero-order valence-electron chi connectivity index (χ0n) is 13.2. The Morgan fingerprint density at radius 1 is 1.50 bits per heavy atom. The average Bonchev–Trinajstić information content (AvgIpc) is 3.24. The minimum absolute atomic E-state index is 0.0319. The number of methoxy groups -OCH3 is 1. The molecule has 9 heteroatoms. The first-order valence-electron chi connectivity index (χ1n) is 7.33. The van der Waals surface area contributed by atoms with Gasteiger partial charge in [0.2, 0.25) is 11.7 Å². The van der Waals surface area contributed by atoms with Crippen LogP contribution >= 0.6 is 0 Å². The van der Waals surface area contributed by atoms with Crippen LogP contribution in [0.5, 0.6) is 0 Å². The quantitative estimate of drug-likeness (QED) is 0.845. The summed E-state index contributed by atoms with van der Waals surface area (Å²) in [5.74, 6) is -1.43. The molecule has 1 atom stereocenters. The van der Waals surface area contributed by atoms with Gasteiger partial charge in [-0.2, -0.15) is 4.98 Å². The van der Waals surface area contributed by atoms with E-state index in [0.29, 0.717) is 19.5 Å². The molecule has 0 spiro atoms. The predicted molar refractivity (Wildman–Crippen MR) is 80.1 cm³/mol. The summed E-state index contributed by atoms with van der Waals surface area (Å²) in [5, 5.41) is 3.71. The predicted octanol–water partition coefficient (Wildman–Crippen LogP) is 2.46. The second-order valence-electron chi connectivity index (χ2n) is 5.62. The fourth-order valence-electron chi connectivity index (χ4n) is 2.67. The van der Waals surface area contributed by atoms with Gasteiger partial charge in [-0.3, -0.25) is 0 Å². The van der Waals surface area contributed by atoms with Gasteiger partial charge >= 0.3 is 6.09 Å². The molecule has 1 fully saturated rings. The van der Waals surface area contributed by atoms with Crippen LogP contribution < -0.4 is 5.73 Å². The van der Waals surface area contributed by atoms with E-state index in [9.17, 15) is 13.6 Å². The molecule has 2 N–H and O–H groups in total. The van der Waals surface area contributed by atoms with Gasteiger partial charge in [0.05, 0.1) is 24.3 Å². The summed E-state index contributed by atoms with van der Waals surface area (Å²) < 4.78 is 37.9. The first kappa shape index (κ1) is 16.2. The highest BCUT2D eigenvalue weighted by molar-refractivity contribution is 5.68. The van der Waals surface area contributed by atoms with Crippen molar-refractivity contribution in [1.29, 1.82) is 0 Å². The zero-order chi connectivity index (χ0) is 17.4. The van der Waals surface area contributed by atoms with Gasteiger partial charge in [-0.25, -0.2) is 13.6 Å². The average molecular weight is 338 g/mol. The van der Waals surface area contributed by atoms with Crippen LogP contribution in [0.25, 0.3) is 11.4 Å². The molecular formula is C15H16F2N4O3. The molecule has 24 heavy (non-hydrogen) atoms. The van der Waals surface area contributed by atoms with Crippen LogP contribution in [0.3, 0.4) is 0 Å². The molecule has 1 aromatic heterocycles. The molecule has 0 unspecified atom stereocenters. The molecule has 1 aliphatic rings. The molecule has 1 saturated heterocycles. The Bertz CT molecular complexity index is 793. The van der Waals surface area contributed by atoms with Crippen LogP contribution in [0.15, 0.2) is 10.6 Å². The normalized spacial score (nSPS) is 17.3. The van der Waals surface area contributed by atoms with E-state index in [-0.39, 0.29) is 34.4 Å². The zero-order valence-corrected chi connectivity index (χ0v) is 13.2. The van der Waals surface area contributed by atoms with Crippen LogP contribution in [0.1, 0.15) is 23.8 Å². The first-order valence-corrected chi connectivity index (χ1v) is 7.33. The molecule has 0 radical (unpaired) electrons. The molecular weight excluding hydrogens is 322 g/mol. The number of hydrogen-bond acceptors (Lipinski definition) is 6. The Balaban J connectivity index is 1.86. The lowest BCUT2D eigenvalue weighted by atomic mass is 10.1. The Labute approximate surface area is 136 Å². The highest BCUT2D eigenvalue weighted by Crippen LogP contribution is 2.31. The molecule has 1 aromatic carbocycles. The molecule has 0 saturated carbocycles. The van der Waals surface area contributed by atoms with E-state index < -0.39 is 17.7 Å². The summed E-state index contributed by atoms with van der Waals surface area (Å²) in [5.41, 5.74) is 5.15. The number of aromatic nitrogens is 2. The van der Waals surface area contributed by atoms with E-state index in [1.165, 1.54) is 18.9 Å². The summed E-state index contributed by atoms with van der Waals surface area (Å²) >= 11 is 0. The maximum Gasteiger partial charge on any atom is 0.409 e. The summed E-state index contributed by atoms with van der Waals surface area (Å²) in [6, 6.07) is 0.991. The SMILES string of the molecule is COC(=O)N1CC[C@H](c2nc(-c3cc(F)c(C)c(N)c3F)no2)C1. The van der Waals surface area contributed by atoms with E-state index >= 15 is 0 Å². The van der Waals surface area contributed by atoms with Gasteiger partial charge in [0.15, 0.2) is 5.82 Å². The summed E-state index contributed by atoms with van der Waals surface area (Å²) in [6.45, 7) is 2.25. The molecule has 3 rings (SSSR count). The van der Waals surface area contributed by atoms with Crippen molar-refractivity contribution in [3.8, 4) is 11.4 Å². The van der Waals surface area contributed by atoms with Crippen molar-refractivity contribution in [2.45, 2.75) is 19.3 Å². The van der Waals surface area contributed by atoms with Crippen LogP contribution in [-0.4, -0.2) is 41.3 Å². The van der Waals surface area contributed by atoms with Crippen LogP contribution in [-0.2, 0) is 4.74 Å². The molecule has 128 valence electrons. The maximum atomic E-state index is 14.2. The van der Waals surface area contributed by atoms with Gasteiger partial charge in [0.1, 0.15) is 5.82 Å². The Hall–Kier alpha value is -2.71. The largest absolute Gasteiger partial charge is 0.453 e. The number of nitrogens with two attached hydrogens (primary N) is 1. The number of ether oxygens (including phenoxy) is 1. The van der Waals surface area contributed by atoms with E-state index in [0.717, 1.165) is 6.07 Å². The Morgan fingerprint density at radius 2 is 2.25 bits per heavy atom. The van der Waals surface area contributed by atoms with Crippen molar-refractivity contribution in [2.75, 3.05) is 25.9 Å². The number of nitrogens with zero attached hydrogens (tertiary/aromatic N) is 3. The van der Waals surface area contributed by atoms with Crippen molar-refractivity contribution < 1.29 is 22.8 Å². The molecule has 2 aromatic rings. The lowest BCUT2D eigenvalue weighted by Crippen LogP contribution is -2.28. The Morgan fingerprint density at radius 3 is 2.96 bits per heavy atom. The van der Waals surface area contributed by atoms with Gasteiger partial charge in [-0.15, -0.1) is 0 Å². The van der Waals surface area contributed by atoms with E-state index in [4.69, 9.17) is 10.3 Å². The topological polar surface area (TPSA) is 94.5 Å². The number of carbonyl (C=O) groups is 1. The minimum Gasteiger partial charge on any atom is -0.453 e. The fraction of sp³-hybridized carbons (Fsp3) is 0.400. The van der Waals surface area contributed by atoms with Gasteiger partial charge in [0.25, 0.3) is 0 Å². The number of benzene rings is 1. The second-order valence-corrected chi connectivity index (χ2v) is 5.62. The third-order valence-electron chi connectivity index (χ3n) is 4.16. The molecule has 7 nitrogen and oxygen atoms in total. The molecule has 0 aliphatic carbocycles. The monoisotopic (exact) mass is 338 g/mol. The number of likely N-dealkylation sites (tertiary alicyclic amines) is 1. The van der Waals surface area contributed by atoms with Gasteiger partial charge < -0.3 is 19.9 Å². The van der Waals surface area contributed by atoms with Crippen LogP contribution in [0.4, 0.5) is 19.3 Å². The standard InChI is InChI=1S/C15H16F2N4O3/c1-7-10(16)5-9(11(17)12(7)18)13-19-14(24-20-13)8-3-4-21(6-8)15(22)23-2/h5,8H,3-4,6,18H2,1-2H3/t8-/m0/s1. The van der Waals surface area contributed by atoms with Crippen molar-refractivity contribution >= 4 is 11.8 Å². The van der Waals surface area contributed by atoms with E-state index in [1.54, 1.807) is 0 Å². The highest BCUT2D eigenvalue weighted by atomic mass is 19.1. The molecule has 0 bridgehead atoms.